The van der Waals surface area contributed by atoms with E-state index in [0.717, 1.165) is 5.56 Å². The van der Waals surface area contributed by atoms with Crippen molar-refractivity contribution in [1.29, 1.82) is 0 Å². The highest BCUT2D eigenvalue weighted by atomic mass is 35.5. The smallest absolute Gasteiger partial charge is 0.291 e. The average Bonchev–Trinajstić information content (AvgIpc) is 3.10. The quantitative estimate of drug-likeness (QED) is 0.658. The Morgan fingerprint density at radius 3 is 2.35 bits per heavy atom. The lowest BCUT2D eigenvalue weighted by molar-refractivity contribution is 0.0991. The predicted molar refractivity (Wildman–Crippen MR) is 99.8 cm³/mol. The fraction of sp³-hybridized carbons (Fsp3) is 0.0556. The average molecular weight is 410 g/mol. The Kier molecular flexibility index (Phi) is 5.09. The second kappa shape index (κ2) is 7.15. The zero-order valence-corrected chi connectivity index (χ0v) is 15.8. The first-order valence-corrected chi connectivity index (χ1v) is 9.69. The highest BCUT2D eigenvalue weighted by Gasteiger charge is 2.23. The van der Waals surface area contributed by atoms with E-state index in [1.807, 2.05) is 6.92 Å². The molecule has 3 aromatic rings. The van der Waals surface area contributed by atoms with E-state index in [1.54, 1.807) is 18.2 Å². The topological polar surface area (TPSA) is 76.4 Å². The molecular formula is C18H13Cl2NO4S. The van der Waals surface area contributed by atoms with Crippen molar-refractivity contribution >= 4 is 44.6 Å². The molecule has 0 atom stereocenters. The van der Waals surface area contributed by atoms with Gasteiger partial charge in [-0.3, -0.25) is 4.79 Å². The van der Waals surface area contributed by atoms with Gasteiger partial charge in [-0.25, -0.2) is 8.42 Å². The summed E-state index contributed by atoms with van der Waals surface area (Å²) in [6.07, 6.45) is 0. The van der Waals surface area contributed by atoms with E-state index in [4.69, 9.17) is 27.6 Å². The minimum absolute atomic E-state index is 0.0218. The molecule has 134 valence electrons. The van der Waals surface area contributed by atoms with Crippen molar-refractivity contribution in [2.75, 3.05) is 5.32 Å². The number of hydrogen-bond donors (Lipinski definition) is 1. The Balaban J connectivity index is 1.83. The molecule has 3 rings (SSSR count). The van der Waals surface area contributed by atoms with Crippen molar-refractivity contribution < 1.29 is 17.6 Å². The Morgan fingerprint density at radius 1 is 1.00 bits per heavy atom. The molecule has 1 N–H and O–H groups in total. The molecule has 0 saturated carbocycles. The van der Waals surface area contributed by atoms with Crippen LogP contribution in [-0.2, 0) is 9.84 Å². The van der Waals surface area contributed by atoms with Gasteiger partial charge in [-0.05, 0) is 61.0 Å². The van der Waals surface area contributed by atoms with Gasteiger partial charge in [0.05, 0.1) is 4.90 Å². The number of rotatable bonds is 4. The molecule has 1 heterocycles. The second-order valence-corrected chi connectivity index (χ2v) is 8.22. The van der Waals surface area contributed by atoms with Crippen molar-refractivity contribution in [3.05, 3.63) is 76.0 Å². The molecule has 5 nitrogen and oxygen atoms in total. The number of hydrogen-bond acceptors (Lipinski definition) is 4. The lowest BCUT2D eigenvalue weighted by atomic mass is 10.2. The maximum atomic E-state index is 12.5. The Hall–Kier alpha value is -2.28. The molecule has 0 bridgehead atoms. The molecule has 2 aromatic carbocycles. The van der Waals surface area contributed by atoms with Crippen molar-refractivity contribution in [1.82, 2.24) is 0 Å². The number of sulfone groups is 1. The Bertz CT molecular complexity index is 1070. The van der Waals surface area contributed by atoms with E-state index in [0.29, 0.717) is 15.7 Å². The molecule has 0 radical (unpaired) electrons. The van der Waals surface area contributed by atoms with Gasteiger partial charge in [-0.15, -0.1) is 0 Å². The third-order valence-electron chi connectivity index (χ3n) is 3.62. The summed E-state index contributed by atoms with van der Waals surface area (Å²) < 4.78 is 30.3. The van der Waals surface area contributed by atoms with Crippen LogP contribution in [0.1, 0.15) is 16.1 Å². The van der Waals surface area contributed by atoms with Crippen LogP contribution >= 0.6 is 23.2 Å². The van der Waals surface area contributed by atoms with Gasteiger partial charge in [0.15, 0.2) is 5.76 Å². The summed E-state index contributed by atoms with van der Waals surface area (Å²) >= 11 is 11.8. The van der Waals surface area contributed by atoms with Gasteiger partial charge >= 0.3 is 0 Å². The Labute approximate surface area is 160 Å². The first kappa shape index (κ1) is 18.5. The maximum absolute atomic E-state index is 12.5. The van der Waals surface area contributed by atoms with E-state index < -0.39 is 15.7 Å². The number of anilines is 1. The van der Waals surface area contributed by atoms with Crippen LogP contribution in [0.3, 0.4) is 0 Å². The number of furan rings is 1. The molecule has 0 aliphatic carbocycles. The minimum atomic E-state index is -3.88. The number of amides is 1. The lowest BCUT2D eigenvalue weighted by Gasteiger charge is -2.05. The van der Waals surface area contributed by atoms with Crippen molar-refractivity contribution in [3.8, 4) is 0 Å². The molecule has 1 aromatic heterocycles. The fourth-order valence-corrected chi connectivity index (χ4v) is 3.66. The summed E-state index contributed by atoms with van der Waals surface area (Å²) in [7, 11) is -3.88. The van der Waals surface area contributed by atoms with Crippen LogP contribution in [0.2, 0.25) is 10.0 Å². The maximum Gasteiger partial charge on any atom is 0.291 e. The summed E-state index contributed by atoms with van der Waals surface area (Å²) in [5.74, 6) is -0.711. The summed E-state index contributed by atoms with van der Waals surface area (Å²) in [4.78, 5) is 12.3. The highest BCUT2D eigenvalue weighted by Crippen LogP contribution is 2.25. The van der Waals surface area contributed by atoms with E-state index in [2.05, 4.69) is 5.32 Å². The number of benzene rings is 2. The van der Waals surface area contributed by atoms with Crippen LogP contribution in [0, 0.1) is 6.92 Å². The van der Waals surface area contributed by atoms with Gasteiger partial charge in [-0.2, -0.15) is 0 Å². The summed E-state index contributed by atoms with van der Waals surface area (Å²) in [5.41, 5.74) is 1.35. The molecule has 8 heteroatoms. The van der Waals surface area contributed by atoms with Gasteiger partial charge in [0.25, 0.3) is 5.91 Å². The fourth-order valence-electron chi connectivity index (χ4n) is 2.18. The minimum Gasteiger partial charge on any atom is -0.439 e. The van der Waals surface area contributed by atoms with Gasteiger partial charge in [0.2, 0.25) is 14.9 Å². The summed E-state index contributed by atoms with van der Waals surface area (Å²) in [6, 6.07) is 13.3. The molecule has 0 aliphatic heterocycles. The van der Waals surface area contributed by atoms with Crippen molar-refractivity contribution in [3.63, 3.8) is 0 Å². The van der Waals surface area contributed by atoms with Crippen molar-refractivity contribution in [2.24, 2.45) is 0 Å². The molecule has 0 saturated heterocycles. The van der Waals surface area contributed by atoms with Crippen LogP contribution in [-0.4, -0.2) is 14.3 Å². The van der Waals surface area contributed by atoms with E-state index in [-0.39, 0.29) is 15.7 Å². The molecule has 0 spiro atoms. The van der Waals surface area contributed by atoms with E-state index >= 15 is 0 Å². The first-order chi connectivity index (χ1) is 12.3. The van der Waals surface area contributed by atoms with Gasteiger partial charge in [0, 0.05) is 15.7 Å². The molecule has 0 unspecified atom stereocenters. The molecule has 1 amide bonds. The van der Waals surface area contributed by atoms with Crippen LogP contribution in [0.4, 0.5) is 5.69 Å². The van der Waals surface area contributed by atoms with Crippen LogP contribution in [0.5, 0.6) is 0 Å². The monoisotopic (exact) mass is 409 g/mol. The number of carbonyl (C=O) groups excluding carboxylic acids is 1. The second-order valence-electron chi connectivity index (χ2n) is 5.49. The normalized spacial score (nSPS) is 11.3. The number of aryl methyl sites for hydroxylation is 1. The van der Waals surface area contributed by atoms with Crippen molar-refractivity contribution in [2.45, 2.75) is 16.9 Å². The van der Waals surface area contributed by atoms with Crippen LogP contribution in [0.25, 0.3) is 0 Å². The third-order valence-corrected chi connectivity index (χ3v) is 5.92. The summed E-state index contributed by atoms with van der Waals surface area (Å²) in [6.45, 7) is 1.84. The van der Waals surface area contributed by atoms with Gasteiger partial charge in [-0.1, -0.05) is 29.3 Å². The number of nitrogens with one attached hydrogen (secondary N) is 1. The largest absolute Gasteiger partial charge is 0.439 e. The molecule has 0 fully saturated rings. The SMILES string of the molecule is Cc1ccc(NC(=O)c2ccc(S(=O)(=O)c3ccc(Cl)cc3)o2)cc1Cl. The van der Waals surface area contributed by atoms with Crippen LogP contribution < -0.4 is 5.32 Å². The zero-order chi connectivity index (χ0) is 18.9. The molecular weight excluding hydrogens is 397 g/mol. The predicted octanol–water partition coefficient (Wildman–Crippen LogP) is 4.98. The Morgan fingerprint density at radius 2 is 1.69 bits per heavy atom. The van der Waals surface area contributed by atoms with E-state index in [9.17, 15) is 13.2 Å². The van der Waals surface area contributed by atoms with Crippen LogP contribution in [0.15, 0.2) is 69.0 Å². The number of halogens is 2. The van der Waals surface area contributed by atoms with Gasteiger partial charge < -0.3 is 9.73 Å². The first-order valence-electron chi connectivity index (χ1n) is 7.45. The standard InChI is InChI=1S/C18H13Cl2NO4S/c1-11-2-5-13(10-15(11)20)21-18(22)16-8-9-17(25-16)26(23,24)14-6-3-12(19)4-7-14/h2-10H,1H3,(H,21,22). The number of carbonyl (C=O) groups is 1. The molecule has 0 aliphatic rings. The molecule has 26 heavy (non-hydrogen) atoms. The highest BCUT2D eigenvalue weighted by molar-refractivity contribution is 7.91. The summed E-state index contributed by atoms with van der Waals surface area (Å²) in [5, 5.41) is 3.21. The van der Waals surface area contributed by atoms with E-state index in [1.165, 1.54) is 36.4 Å². The zero-order valence-electron chi connectivity index (χ0n) is 13.5. The lowest BCUT2D eigenvalue weighted by Crippen LogP contribution is -2.11. The van der Waals surface area contributed by atoms with Gasteiger partial charge in [0.1, 0.15) is 0 Å². The third kappa shape index (κ3) is 3.77.